The van der Waals surface area contributed by atoms with E-state index in [-0.39, 0.29) is 5.91 Å². The molecule has 1 amide bonds. The third kappa shape index (κ3) is 5.09. The van der Waals surface area contributed by atoms with Crippen molar-refractivity contribution in [3.63, 3.8) is 0 Å². The molecule has 1 aliphatic rings. The van der Waals surface area contributed by atoms with Crippen LogP contribution in [0.25, 0.3) is 0 Å². The fraction of sp³-hybridized carbons (Fsp3) is 0.304. The molecule has 0 N–H and O–H groups in total. The molecule has 0 bridgehead atoms. The molecule has 0 unspecified atom stereocenters. The Hall–Kier alpha value is -2.64. The highest BCUT2D eigenvalue weighted by molar-refractivity contribution is 9.10. The summed E-state index contributed by atoms with van der Waals surface area (Å²) >= 11 is 3.41. The number of halogens is 1. The lowest BCUT2D eigenvalue weighted by molar-refractivity contribution is 0.0628. The lowest BCUT2D eigenvalue weighted by Gasteiger charge is -2.35. The first-order valence-corrected chi connectivity index (χ1v) is 10.8. The third-order valence-electron chi connectivity index (χ3n) is 5.32. The first-order chi connectivity index (χ1) is 14.6. The van der Waals surface area contributed by atoms with Crippen LogP contribution in [0.15, 0.2) is 65.4 Å². The molecule has 7 heteroatoms. The lowest BCUT2D eigenvalue weighted by atomic mass is 10.1. The van der Waals surface area contributed by atoms with Gasteiger partial charge in [-0.2, -0.15) is 5.10 Å². The van der Waals surface area contributed by atoms with Crippen LogP contribution in [0.1, 0.15) is 21.5 Å². The molecule has 0 radical (unpaired) electrons. The Morgan fingerprint density at radius 2 is 1.77 bits per heavy atom. The topological polar surface area (TPSA) is 50.6 Å². The lowest BCUT2D eigenvalue weighted by Crippen LogP contribution is -2.48. The Labute approximate surface area is 185 Å². The highest BCUT2D eigenvalue weighted by Gasteiger charge is 2.22. The Bertz CT molecular complexity index is 1010. The van der Waals surface area contributed by atoms with E-state index in [9.17, 15) is 4.79 Å². The van der Waals surface area contributed by atoms with Crippen molar-refractivity contribution >= 4 is 21.8 Å². The maximum Gasteiger partial charge on any atom is 0.253 e. The molecule has 0 saturated carbocycles. The van der Waals surface area contributed by atoms with E-state index < -0.39 is 0 Å². The highest BCUT2D eigenvalue weighted by atomic mass is 79.9. The Balaban J connectivity index is 1.34. The number of hydrogen-bond acceptors (Lipinski definition) is 4. The summed E-state index contributed by atoms with van der Waals surface area (Å²) in [6, 6.07) is 16.0. The summed E-state index contributed by atoms with van der Waals surface area (Å²) in [5.41, 5.74) is 3.03. The van der Waals surface area contributed by atoms with Gasteiger partial charge in [0, 0.05) is 44.5 Å². The molecular weight excluding hydrogens is 444 g/mol. The molecule has 30 heavy (non-hydrogen) atoms. The van der Waals surface area contributed by atoms with Gasteiger partial charge in [0.2, 0.25) is 0 Å². The van der Waals surface area contributed by atoms with E-state index in [1.54, 1.807) is 13.3 Å². The predicted octanol–water partition coefficient (Wildman–Crippen LogP) is 3.66. The number of carbonyl (C=O) groups excluding carboxylic acids is 1. The SMILES string of the molecule is COc1cccc(CN2CCN(C(=O)c3cccc(Cn4cc(Br)cn4)c3)CC2)c1. The van der Waals surface area contributed by atoms with Crippen molar-refractivity contribution in [2.24, 2.45) is 0 Å². The minimum atomic E-state index is 0.0968. The molecule has 2 aromatic carbocycles. The first-order valence-electron chi connectivity index (χ1n) is 10.0. The smallest absolute Gasteiger partial charge is 0.253 e. The Morgan fingerprint density at radius 3 is 2.47 bits per heavy atom. The van der Waals surface area contributed by atoms with E-state index in [0.29, 0.717) is 6.54 Å². The van der Waals surface area contributed by atoms with Crippen LogP contribution in [0.3, 0.4) is 0 Å². The fourth-order valence-electron chi connectivity index (χ4n) is 3.74. The van der Waals surface area contributed by atoms with E-state index in [1.807, 2.05) is 52.2 Å². The number of rotatable bonds is 6. The Kier molecular flexibility index (Phi) is 6.50. The van der Waals surface area contributed by atoms with Crippen molar-refractivity contribution in [3.8, 4) is 5.75 Å². The fourth-order valence-corrected chi connectivity index (χ4v) is 4.06. The average molecular weight is 469 g/mol. The second kappa shape index (κ2) is 9.45. The van der Waals surface area contributed by atoms with Crippen LogP contribution >= 0.6 is 15.9 Å². The van der Waals surface area contributed by atoms with Gasteiger partial charge in [0.1, 0.15) is 5.75 Å². The zero-order valence-corrected chi connectivity index (χ0v) is 18.6. The molecule has 156 valence electrons. The number of nitrogens with zero attached hydrogens (tertiary/aromatic N) is 4. The molecule has 1 aliphatic heterocycles. The Morgan fingerprint density at radius 1 is 1.03 bits per heavy atom. The van der Waals surface area contributed by atoms with Gasteiger partial charge < -0.3 is 9.64 Å². The van der Waals surface area contributed by atoms with Crippen molar-refractivity contribution in [2.75, 3.05) is 33.3 Å². The molecular formula is C23H25BrN4O2. The summed E-state index contributed by atoms with van der Waals surface area (Å²) in [5, 5.41) is 4.29. The van der Waals surface area contributed by atoms with E-state index in [1.165, 1.54) is 5.56 Å². The highest BCUT2D eigenvalue weighted by Crippen LogP contribution is 2.17. The molecule has 1 aromatic heterocycles. The van der Waals surface area contributed by atoms with Gasteiger partial charge in [0.05, 0.1) is 24.3 Å². The number of hydrogen-bond donors (Lipinski definition) is 0. The summed E-state index contributed by atoms with van der Waals surface area (Å²) < 4.78 is 8.11. The summed E-state index contributed by atoms with van der Waals surface area (Å²) in [6.07, 6.45) is 3.69. The van der Waals surface area contributed by atoms with Gasteiger partial charge in [-0.15, -0.1) is 0 Å². The zero-order chi connectivity index (χ0) is 20.9. The maximum absolute atomic E-state index is 13.0. The molecule has 0 atom stereocenters. The monoisotopic (exact) mass is 468 g/mol. The predicted molar refractivity (Wildman–Crippen MR) is 120 cm³/mol. The summed E-state index contributed by atoms with van der Waals surface area (Å²) in [6.45, 7) is 4.71. The van der Waals surface area contributed by atoms with Crippen molar-refractivity contribution in [2.45, 2.75) is 13.1 Å². The number of ether oxygens (including phenoxy) is 1. The maximum atomic E-state index is 13.0. The second-order valence-corrected chi connectivity index (χ2v) is 8.39. The largest absolute Gasteiger partial charge is 0.497 e. The number of aromatic nitrogens is 2. The number of methoxy groups -OCH3 is 1. The van der Waals surface area contributed by atoms with E-state index in [2.05, 4.69) is 38.1 Å². The van der Waals surface area contributed by atoms with E-state index >= 15 is 0 Å². The quantitative estimate of drug-likeness (QED) is 0.553. The van der Waals surface area contributed by atoms with Crippen LogP contribution in [-0.2, 0) is 13.1 Å². The molecule has 0 aliphatic carbocycles. The van der Waals surface area contributed by atoms with Crippen molar-refractivity contribution < 1.29 is 9.53 Å². The number of benzene rings is 2. The minimum absolute atomic E-state index is 0.0968. The van der Waals surface area contributed by atoms with Crippen LogP contribution in [0.5, 0.6) is 5.75 Å². The van der Waals surface area contributed by atoms with Crippen molar-refractivity contribution in [1.82, 2.24) is 19.6 Å². The van der Waals surface area contributed by atoms with Gasteiger partial charge in [0.15, 0.2) is 0 Å². The van der Waals surface area contributed by atoms with Crippen LogP contribution in [-0.4, -0.2) is 58.8 Å². The molecule has 4 rings (SSSR count). The van der Waals surface area contributed by atoms with Crippen LogP contribution in [0, 0.1) is 0 Å². The minimum Gasteiger partial charge on any atom is -0.497 e. The van der Waals surface area contributed by atoms with Gasteiger partial charge in [0.25, 0.3) is 5.91 Å². The van der Waals surface area contributed by atoms with Crippen molar-refractivity contribution in [1.29, 1.82) is 0 Å². The summed E-state index contributed by atoms with van der Waals surface area (Å²) in [7, 11) is 1.69. The van der Waals surface area contributed by atoms with Gasteiger partial charge in [-0.1, -0.05) is 24.3 Å². The van der Waals surface area contributed by atoms with Gasteiger partial charge in [-0.05, 0) is 51.3 Å². The van der Waals surface area contributed by atoms with Gasteiger partial charge in [-0.3, -0.25) is 14.4 Å². The summed E-state index contributed by atoms with van der Waals surface area (Å²) in [4.78, 5) is 17.3. The number of carbonyl (C=O) groups is 1. The molecule has 3 aromatic rings. The standard InChI is InChI=1S/C23H25BrN4O2/c1-30-22-7-3-5-19(13-22)15-26-8-10-27(11-9-26)23(29)20-6-2-4-18(12-20)16-28-17-21(24)14-25-28/h2-7,12-14,17H,8-11,15-16H2,1H3. The third-order valence-corrected chi connectivity index (χ3v) is 5.73. The zero-order valence-electron chi connectivity index (χ0n) is 17.0. The van der Waals surface area contributed by atoms with Gasteiger partial charge >= 0.3 is 0 Å². The second-order valence-electron chi connectivity index (χ2n) is 7.48. The molecule has 0 spiro atoms. The van der Waals surface area contributed by atoms with Gasteiger partial charge in [-0.25, -0.2) is 0 Å². The number of amides is 1. The summed E-state index contributed by atoms with van der Waals surface area (Å²) in [5.74, 6) is 0.975. The van der Waals surface area contributed by atoms with E-state index in [4.69, 9.17) is 4.74 Å². The first kappa shape index (κ1) is 20.6. The normalized spacial score (nSPS) is 14.7. The van der Waals surface area contributed by atoms with Crippen LogP contribution in [0.2, 0.25) is 0 Å². The average Bonchev–Trinajstić information content (AvgIpc) is 3.18. The molecule has 1 saturated heterocycles. The molecule has 2 heterocycles. The van der Waals surface area contributed by atoms with Crippen LogP contribution < -0.4 is 4.74 Å². The van der Waals surface area contributed by atoms with Crippen molar-refractivity contribution in [3.05, 3.63) is 82.1 Å². The van der Waals surface area contributed by atoms with Crippen LogP contribution in [0.4, 0.5) is 0 Å². The number of piperazine rings is 1. The molecule has 6 nitrogen and oxygen atoms in total. The molecule has 1 fully saturated rings. The van der Waals surface area contributed by atoms with E-state index in [0.717, 1.165) is 54.1 Å².